The van der Waals surface area contributed by atoms with Crippen molar-refractivity contribution in [3.05, 3.63) is 24.4 Å². The van der Waals surface area contributed by atoms with Gasteiger partial charge in [-0.3, -0.25) is 4.79 Å². The summed E-state index contributed by atoms with van der Waals surface area (Å²) in [7, 11) is 3.51. The Kier molecular flexibility index (Phi) is 7.69. The van der Waals surface area contributed by atoms with Gasteiger partial charge in [0.1, 0.15) is 11.4 Å². The van der Waals surface area contributed by atoms with Crippen molar-refractivity contribution in [1.29, 1.82) is 0 Å². The number of methoxy groups -OCH3 is 1. The first kappa shape index (κ1) is 25.6. The Hall–Kier alpha value is -3.07. The number of nitrogens with zero attached hydrogens (tertiary/aromatic N) is 5. The standard InChI is InChI=1S/C28H40N6O3/c1-4-7-19-18-34(20-8-5-6-9-20)26-24(32(2)27(19)36)17-29-28(31-26)30-23-11-10-21(16-25(23)37-3)33-14-12-22(35)13-15-33/h10-11,16-17,19-20,22,35H,4-9,12-15,18H2,1-3H3,(H,29,30,31)/t19-/m0/s1. The molecule has 3 heterocycles. The highest BCUT2D eigenvalue weighted by Crippen LogP contribution is 2.39. The van der Waals surface area contributed by atoms with Crippen LogP contribution in [-0.4, -0.2) is 66.9 Å². The zero-order valence-electron chi connectivity index (χ0n) is 22.3. The van der Waals surface area contributed by atoms with Crippen molar-refractivity contribution in [2.45, 2.75) is 70.4 Å². The summed E-state index contributed by atoms with van der Waals surface area (Å²) in [5.41, 5.74) is 2.64. The van der Waals surface area contributed by atoms with Crippen LogP contribution in [0.15, 0.2) is 24.4 Å². The van der Waals surface area contributed by atoms with Crippen LogP contribution in [-0.2, 0) is 4.79 Å². The van der Waals surface area contributed by atoms with Gasteiger partial charge in [0.25, 0.3) is 0 Å². The zero-order valence-corrected chi connectivity index (χ0v) is 22.3. The van der Waals surface area contributed by atoms with Crippen LogP contribution in [0.5, 0.6) is 5.75 Å². The number of carbonyl (C=O) groups excluding carboxylic acids is 1. The molecule has 37 heavy (non-hydrogen) atoms. The highest BCUT2D eigenvalue weighted by atomic mass is 16.5. The molecule has 9 nitrogen and oxygen atoms in total. The van der Waals surface area contributed by atoms with E-state index in [1.165, 1.54) is 12.8 Å². The van der Waals surface area contributed by atoms with E-state index in [1.807, 2.05) is 19.2 Å². The maximum atomic E-state index is 13.3. The van der Waals surface area contributed by atoms with Gasteiger partial charge in [-0.15, -0.1) is 0 Å². The van der Waals surface area contributed by atoms with E-state index in [-0.39, 0.29) is 17.9 Å². The van der Waals surface area contributed by atoms with Crippen LogP contribution in [0.3, 0.4) is 0 Å². The molecule has 5 rings (SSSR count). The first-order valence-corrected chi connectivity index (χ1v) is 13.8. The molecule has 1 aliphatic carbocycles. The average Bonchev–Trinajstić information content (AvgIpc) is 3.43. The van der Waals surface area contributed by atoms with Gasteiger partial charge < -0.3 is 29.9 Å². The molecule has 0 unspecified atom stereocenters. The SMILES string of the molecule is CCC[C@H]1CN(C2CCCC2)c2nc(Nc3ccc(N4CCC(O)CC4)cc3OC)ncc2N(C)C1=O. The smallest absolute Gasteiger partial charge is 0.231 e. The fraction of sp³-hybridized carbons (Fsp3) is 0.607. The van der Waals surface area contributed by atoms with Crippen molar-refractivity contribution >= 4 is 34.7 Å². The molecule has 2 fully saturated rings. The van der Waals surface area contributed by atoms with Crippen molar-refractivity contribution in [2.75, 3.05) is 53.8 Å². The Labute approximate surface area is 219 Å². The van der Waals surface area contributed by atoms with Crippen molar-refractivity contribution in [2.24, 2.45) is 5.92 Å². The van der Waals surface area contributed by atoms with Gasteiger partial charge in [-0.1, -0.05) is 26.2 Å². The van der Waals surface area contributed by atoms with E-state index in [4.69, 9.17) is 9.72 Å². The van der Waals surface area contributed by atoms with Gasteiger partial charge in [0.2, 0.25) is 11.9 Å². The lowest BCUT2D eigenvalue weighted by Gasteiger charge is -2.32. The van der Waals surface area contributed by atoms with Crippen molar-refractivity contribution < 1.29 is 14.6 Å². The molecule has 3 aliphatic rings. The van der Waals surface area contributed by atoms with Crippen molar-refractivity contribution in [3.8, 4) is 5.75 Å². The lowest BCUT2D eigenvalue weighted by molar-refractivity contribution is -0.121. The van der Waals surface area contributed by atoms with Gasteiger partial charge in [-0.25, -0.2) is 4.98 Å². The van der Waals surface area contributed by atoms with E-state index in [2.05, 4.69) is 33.1 Å². The molecule has 1 saturated heterocycles. The Bertz CT molecular complexity index is 1100. The van der Waals surface area contributed by atoms with E-state index < -0.39 is 0 Å². The third-order valence-electron chi connectivity index (χ3n) is 8.14. The highest BCUT2D eigenvalue weighted by Gasteiger charge is 2.36. The molecule has 1 aromatic carbocycles. The summed E-state index contributed by atoms with van der Waals surface area (Å²) in [5.74, 6) is 2.15. The highest BCUT2D eigenvalue weighted by molar-refractivity contribution is 5.99. The molecular weight excluding hydrogens is 468 g/mol. The molecule has 1 aromatic heterocycles. The monoisotopic (exact) mass is 508 g/mol. The predicted octanol–water partition coefficient (Wildman–Crippen LogP) is 4.33. The molecule has 2 N–H and O–H groups in total. The normalized spacial score (nSPS) is 21.2. The number of amides is 1. The second-order valence-electron chi connectivity index (χ2n) is 10.6. The van der Waals surface area contributed by atoms with E-state index >= 15 is 0 Å². The van der Waals surface area contributed by atoms with Gasteiger partial charge in [0, 0.05) is 44.5 Å². The topological polar surface area (TPSA) is 94.1 Å². The van der Waals surface area contributed by atoms with Crippen molar-refractivity contribution in [3.63, 3.8) is 0 Å². The lowest BCUT2D eigenvalue weighted by Crippen LogP contribution is -2.40. The second-order valence-corrected chi connectivity index (χ2v) is 10.6. The molecule has 2 aromatic rings. The van der Waals surface area contributed by atoms with Gasteiger partial charge in [-0.05, 0) is 44.2 Å². The quantitative estimate of drug-likeness (QED) is 0.571. The number of nitrogens with one attached hydrogen (secondary N) is 1. The summed E-state index contributed by atoms with van der Waals surface area (Å²) in [6.07, 6.45) is 9.67. The van der Waals surface area contributed by atoms with Gasteiger partial charge in [0.15, 0.2) is 5.82 Å². The number of rotatable bonds is 7. The third kappa shape index (κ3) is 5.32. The zero-order chi connectivity index (χ0) is 25.9. The Morgan fingerprint density at radius 2 is 1.92 bits per heavy atom. The van der Waals surface area contributed by atoms with Crippen LogP contribution < -0.4 is 24.8 Å². The Balaban J connectivity index is 1.44. The first-order valence-electron chi connectivity index (χ1n) is 13.8. The fourth-order valence-corrected chi connectivity index (χ4v) is 5.99. The number of aromatic nitrogens is 2. The number of piperidine rings is 1. The minimum absolute atomic E-state index is 0.0373. The molecule has 9 heteroatoms. The first-order chi connectivity index (χ1) is 18.0. The third-order valence-corrected chi connectivity index (χ3v) is 8.14. The van der Waals surface area contributed by atoms with Crippen LogP contribution in [0.2, 0.25) is 0 Å². The number of benzene rings is 1. The van der Waals surface area contributed by atoms with Crippen LogP contribution >= 0.6 is 0 Å². The predicted molar refractivity (Wildman–Crippen MR) is 147 cm³/mol. The van der Waals surface area contributed by atoms with E-state index in [0.717, 1.165) is 74.5 Å². The molecule has 1 saturated carbocycles. The molecule has 0 radical (unpaired) electrons. The van der Waals surface area contributed by atoms with E-state index in [9.17, 15) is 9.90 Å². The van der Waals surface area contributed by atoms with Crippen LogP contribution in [0.4, 0.5) is 28.8 Å². The van der Waals surface area contributed by atoms with Crippen LogP contribution in [0.25, 0.3) is 0 Å². The number of fused-ring (bicyclic) bond motifs is 1. The minimum atomic E-state index is -0.208. The summed E-state index contributed by atoms with van der Waals surface area (Å²) in [5, 5.41) is 13.2. The van der Waals surface area contributed by atoms with Crippen LogP contribution in [0, 0.1) is 5.92 Å². The number of carbonyl (C=O) groups is 1. The molecule has 1 amide bonds. The molecule has 200 valence electrons. The van der Waals surface area contributed by atoms with Crippen molar-refractivity contribution in [1.82, 2.24) is 9.97 Å². The minimum Gasteiger partial charge on any atom is -0.494 e. The number of anilines is 5. The summed E-state index contributed by atoms with van der Waals surface area (Å²) < 4.78 is 5.72. The number of ether oxygens (including phenoxy) is 1. The molecule has 0 bridgehead atoms. The second kappa shape index (κ2) is 11.1. The van der Waals surface area contributed by atoms with Gasteiger partial charge in [-0.2, -0.15) is 4.98 Å². The van der Waals surface area contributed by atoms with E-state index in [1.54, 1.807) is 18.2 Å². The Morgan fingerprint density at radius 1 is 1.16 bits per heavy atom. The number of aliphatic hydroxyl groups excluding tert-OH is 1. The molecule has 0 spiro atoms. The number of hydrogen-bond acceptors (Lipinski definition) is 8. The Morgan fingerprint density at radius 3 is 2.62 bits per heavy atom. The summed E-state index contributed by atoms with van der Waals surface area (Å²) in [6, 6.07) is 6.49. The molecule has 2 aliphatic heterocycles. The fourth-order valence-electron chi connectivity index (χ4n) is 5.99. The average molecular weight is 509 g/mol. The maximum absolute atomic E-state index is 13.3. The summed E-state index contributed by atoms with van der Waals surface area (Å²) >= 11 is 0. The van der Waals surface area contributed by atoms with Gasteiger partial charge >= 0.3 is 0 Å². The maximum Gasteiger partial charge on any atom is 0.231 e. The van der Waals surface area contributed by atoms with Crippen LogP contribution in [0.1, 0.15) is 58.3 Å². The molecule has 1 atom stereocenters. The summed E-state index contributed by atoms with van der Waals surface area (Å²) in [6.45, 7) is 4.49. The summed E-state index contributed by atoms with van der Waals surface area (Å²) in [4.78, 5) is 29.3. The molecular formula is C28H40N6O3. The number of aliphatic hydroxyl groups is 1. The lowest BCUT2D eigenvalue weighted by atomic mass is 10.0. The largest absolute Gasteiger partial charge is 0.494 e. The van der Waals surface area contributed by atoms with E-state index in [0.29, 0.717) is 24.3 Å². The number of hydrogen-bond donors (Lipinski definition) is 2. The van der Waals surface area contributed by atoms with Gasteiger partial charge in [0.05, 0.1) is 31.0 Å².